The molecule has 3 heteroatoms. The zero-order chi connectivity index (χ0) is 11.7. The fraction of sp³-hybridized carbons (Fsp3) is 0.500. The first-order chi connectivity index (χ1) is 8.34. The Hall–Kier alpha value is -1.51. The summed E-state index contributed by atoms with van der Waals surface area (Å²) in [4.78, 5) is 14.3. The lowest BCUT2D eigenvalue weighted by atomic mass is 10.1. The SMILES string of the molecule is O=C(c1ccc2c(c1)NCC2)N1CCCCC1. The summed E-state index contributed by atoms with van der Waals surface area (Å²) in [6.07, 6.45) is 4.63. The quantitative estimate of drug-likeness (QED) is 0.802. The molecule has 0 unspecified atom stereocenters. The normalized spacial score (nSPS) is 18.7. The van der Waals surface area contributed by atoms with Gasteiger partial charge in [0.05, 0.1) is 0 Å². The second kappa shape index (κ2) is 4.40. The highest BCUT2D eigenvalue weighted by atomic mass is 16.2. The minimum absolute atomic E-state index is 0.196. The van der Waals surface area contributed by atoms with E-state index in [4.69, 9.17) is 0 Å². The van der Waals surface area contributed by atoms with Crippen LogP contribution >= 0.6 is 0 Å². The summed E-state index contributed by atoms with van der Waals surface area (Å²) in [6.45, 7) is 2.84. The number of carbonyl (C=O) groups excluding carboxylic acids is 1. The Morgan fingerprint density at radius 3 is 2.82 bits per heavy atom. The predicted octanol–water partition coefficient (Wildman–Crippen LogP) is 2.28. The number of likely N-dealkylation sites (tertiary alicyclic amines) is 1. The molecule has 1 saturated heterocycles. The van der Waals surface area contributed by atoms with E-state index in [1.807, 2.05) is 17.0 Å². The maximum absolute atomic E-state index is 12.3. The van der Waals surface area contributed by atoms with Crippen LogP contribution in [0.25, 0.3) is 0 Å². The van der Waals surface area contributed by atoms with Crippen LogP contribution in [0, 0.1) is 0 Å². The van der Waals surface area contributed by atoms with Crippen molar-refractivity contribution < 1.29 is 4.79 Å². The van der Waals surface area contributed by atoms with E-state index in [1.165, 1.54) is 12.0 Å². The molecule has 3 nitrogen and oxygen atoms in total. The number of carbonyl (C=O) groups is 1. The Morgan fingerprint density at radius 1 is 1.18 bits per heavy atom. The molecular weight excluding hydrogens is 212 g/mol. The van der Waals surface area contributed by atoms with Crippen LogP contribution in [0.2, 0.25) is 0 Å². The van der Waals surface area contributed by atoms with Crippen LogP contribution in [0.5, 0.6) is 0 Å². The smallest absolute Gasteiger partial charge is 0.253 e. The third-order valence-corrected chi connectivity index (χ3v) is 3.71. The minimum Gasteiger partial charge on any atom is -0.384 e. The summed E-state index contributed by atoms with van der Waals surface area (Å²) >= 11 is 0. The Bertz CT molecular complexity index is 436. The third-order valence-electron chi connectivity index (χ3n) is 3.71. The van der Waals surface area contributed by atoms with E-state index < -0.39 is 0 Å². The van der Waals surface area contributed by atoms with Gasteiger partial charge in [0.25, 0.3) is 5.91 Å². The van der Waals surface area contributed by atoms with Gasteiger partial charge >= 0.3 is 0 Å². The van der Waals surface area contributed by atoms with E-state index in [2.05, 4.69) is 11.4 Å². The van der Waals surface area contributed by atoms with E-state index in [-0.39, 0.29) is 5.91 Å². The van der Waals surface area contributed by atoms with Gasteiger partial charge in [0.1, 0.15) is 0 Å². The number of piperidine rings is 1. The zero-order valence-electron chi connectivity index (χ0n) is 10.0. The van der Waals surface area contributed by atoms with Crippen molar-refractivity contribution in [3.8, 4) is 0 Å². The highest BCUT2D eigenvalue weighted by Crippen LogP contribution is 2.24. The Kier molecular flexibility index (Phi) is 2.75. The summed E-state index contributed by atoms with van der Waals surface area (Å²) in [5, 5.41) is 3.33. The van der Waals surface area contributed by atoms with Gasteiger partial charge < -0.3 is 10.2 Å². The van der Waals surface area contributed by atoms with Gasteiger partial charge in [-0.1, -0.05) is 6.07 Å². The lowest BCUT2D eigenvalue weighted by molar-refractivity contribution is 0.0724. The number of hydrogen-bond acceptors (Lipinski definition) is 2. The van der Waals surface area contributed by atoms with E-state index in [0.717, 1.165) is 50.1 Å². The molecule has 1 aromatic carbocycles. The molecular formula is C14H18N2O. The van der Waals surface area contributed by atoms with Crippen molar-refractivity contribution >= 4 is 11.6 Å². The van der Waals surface area contributed by atoms with Gasteiger partial charge in [-0.25, -0.2) is 0 Å². The fourth-order valence-corrected chi connectivity index (χ4v) is 2.70. The van der Waals surface area contributed by atoms with Crippen molar-refractivity contribution in [3.63, 3.8) is 0 Å². The number of hydrogen-bond donors (Lipinski definition) is 1. The van der Waals surface area contributed by atoms with E-state index in [1.54, 1.807) is 0 Å². The van der Waals surface area contributed by atoms with Gasteiger partial charge in [0, 0.05) is 30.9 Å². The van der Waals surface area contributed by atoms with Crippen LogP contribution in [-0.4, -0.2) is 30.4 Å². The molecule has 2 aliphatic rings. The Morgan fingerprint density at radius 2 is 2.00 bits per heavy atom. The summed E-state index contributed by atoms with van der Waals surface area (Å²) in [5.74, 6) is 0.196. The standard InChI is InChI=1S/C14H18N2O/c17-14(16-8-2-1-3-9-16)12-5-4-11-6-7-15-13(11)10-12/h4-5,10,15H,1-3,6-9H2. The zero-order valence-corrected chi connectivity index (χ0v) is 10.0. The Balaban J connectivity index is 1.81. The molecule has 0 aliphatic carbocycles. The fourth-order valence-electron chi connectivity index (χ4n) is 2.70. The number of fused-ring (bicyclic) bond motifs is 1. The van der Waals surface area contributed by atoms with Crippen molar-refractivity contribution in [2.24, 2.45) is 0 Å². The number of benzene rings is 1. The highest BCUT2D eigenvalue weighted by Gasteiger charge is 2.19. The maximum atomic E-state index is 12.3. The monoisotopic (exact) mass is 230 g/mol. The van der Waals surface area contributed by atoms with Crippen LogP contribution in [0.3, 0.4) is 0 Å². The molecule has 0 bridgehead atoms. The van der Waals surface area contributed by atoms with Gasteiger partial charge in [-0.05, 0) is 43.4 Å². The first-order valence-electron chi connectivity index (χ1n) is 6.51. The van der Waals surface area contributed by atoms with Crippen molar-refractivity contribution in [1.82, 2.24) is 4.90 Å². The summed E-state index contributed by atoms with van der Waals surface area (Å²) in [7, 11) is 0. The van der Waals surface area contributed by atoms with E-state index in [9.17, 15) is 4.79 Å². The van der Waals surface area contributed by atoms with Gasteiger partial charge in [-0.3, -0.25) is 4.79 Å². The molecule has 0 aromatic heterocycles. The van der Waals surface area contributed by atoms with Crippen LogP contribution in [0.1, 0.15) is 35.2 Å². The first kappa shape index (κ1) is 10.6. The maximum Gasteiger partial charge on any atom is 0.253 e. The molecule has 0 radical (unpaired) electrons. The minimum atomic E-state index is 0.196. The summed E-state index contributed by atoms with van der Waals surface area (Å²) in [5.41, 5.74) is 3.31. The largest absolute Gasteiger partial charge is 0.384 e. The van der Waals surface area contributed by atoms with Gasteiger partial charge in [-0.2, -0.15) is 0 Å². The topological polar surface area (TPSA) is 32.3 Å². The molecule has 2 heterocycles. The molecule has 1 amide bonds. The van der Waals surface area contributed by atoms with Crippen molar-refractivity contribution in [1.29, 1.82) is 0 Å². The van der Waals surface area contributed by atoms with Crippen LogP contribution in [0.15, 0.2) is 18.2 Å². The van der Waals surface area contributed by atoms with Gasteiger partial charge in [-0.15, -0.1) is 0 Å². The van der Waals surface area contributed by atoms with Gasteiger partial charge in [0.2, 0.25) is 0 Å². The molecule has 90 valence electrons. The number of amides is 1. The highest BCUT2D eigenvalue weighted by molar-refractivity contribution is 5.95. The van der Waals surface area contributed by atoms with Gasteiger partial charge in [0.15, 0.2) is 0 Å². The lowest BCUT2D eigenvalue weighted by Gasteiger charge is -2.26. The number of anilines is 1. The van der Waals surface area contributed by atoms with Crippen molar-refractivity contribution in [2.45, 2.75) is 25.7 Å². The van der Waals surface area contributed by atoms with Crippen molar-refractivity contribution in [2.75, 3.05) is 25.0 Å². The molecule has 1 aromatic rings. The lowest BCUT2D eigenvalue weighted by Crippen LogP contribution is -2.35. The molecule has 1 N–H and O–H groups in total. The molecule has 17 heavy (non-hydrogen) atoms. The summed E-state index contributed by atoms with van der Waals surface area (Å²) < 4.78 is 0. The van der Waals surface area contributed by atoms with Crippen LogP contribution in [-0.2, 0) is 6.42 Å². The van der Waals surface area contributed by atoms with Crippen LogP contribution < -0.4 is 5.32 Å². The number of rotatable bonds is 1. The Labute approximate surface area is 102 Å². The first-order valence-corrected chi connectivity index (χ1v) is 6.51. The number of nitrogens with one attached hydrogen (secondary N) is 1. The third kappa shape index (κ3) is 2.02. The molecule has 1 fully saturated rings. The second-order valence-electron chi connectivity index (χ2n) is 4.90. The average molecular weight is 230 g/mol. The average Bonchev–Trinajstić information content (AvgIpc) is 2.86. The molecule has 0 saturated carbocycles. The van der Waals surface area contributed by atoms with E-state index >= 15 is 0 Å². The van der Waals surface area contributed by atoms with E-state index in [0.29, 0.717) is 0 Å². The second-order valence-corrected chi connectivity index (χ2v) is 4.90. The predicted molar refractivity (Wildman–Crippen MR) is 68.4 cm³/mol. The summed E-state index contributed by atoms with van der Waals surface area (Å²) in [6, 6.07) is 6.08. The van der Waals surface area contributed by atoms with Crippen LogP contribution in [0.4, 0.5) is 5.69 Å². The molecule has 3 rings (SSSR count). The molecule has 0 spiro atoms. The molecule has 2 aliphatic heterocycles. The van der Waals surface area contributed by atoms with Crippen molar-refractivity contribution in [3.05, 3.63) is 29.3 Å². The molecule has 0 atom stereocenters. The number of nitrogens with zero attached hydrogens (tertiary/aromatic N) is 1.